The van der Waals surface area contributed by atoms with Crippen LogP contribution in [-0.4, -0.2) is 24.3 Å². The average Bonchev–Trinajstić information content (AvgIpc) is 2.83. The summed E-state index contributed by atoms with van der Waals surface area (Å²) in [6.07, 6.45) is 0.869. The molecule has 0 amide bonds. The lowest BCUT2D eigenvalue weighted by Crippen LogP contribution is -2.04. The van der Waals surface area contributed by atoms with Crippen molar-refractivity contribution in [3.05, 3.63) is 40.1 Å². The van der Waals surface area contributed by atoms with Crippen molar-refractivity contribution in [3.8, 4) is 11.5 Å². The highest BCUT2D eigenvalue weighted by Gasteiger charge is 2.13. The van der Waals surface area contributed by atoms with Crippen LogP contribution in [0.15, 0.2) is 29.6 Å². The van der Waals surface area contributed by atoms with E-state index in [9.17, 15) is 4.79 Å². The van der Waals surface area contributed by atoms with Gasteiger partial charge in [0.25, 0.3) is 0 Å². The molecular formula is C15H15NO4S. The molecule has 6 heteroatoms. The zero-order valence-corrected chi connectivity index (χ0v) is 12.1. The van der Waals surface area contributed by atoms with Crippen LogP contribution in [0.5, 0.6) is 11.5 Å². The molecule has 110 valence electrons. The molecule has 0 radical (unpaired) electrons. The summed E-state index contributed by atoms with van der Waals surface area (Å²) in [7, 11) is 0. The van der Waals surface area contributed by atoms with Crippen molar-refractivity contribution in [3.63, 3.8) is 0 Å². The van der Waals surface area contributed by atoms with Gasteiger partial charge >= 0.3 is 5.97 Å². The summed E-state index contributed by atoms with van der Waals surface area (Å²) < 4.78 is 11.2. The zero-order chi connectivity index (χ0) is 14.7. The van der Waals surface area contributed by atoms with E-state index in [0.717, 1.165) is 29.2 Å². The molecule has 0 spiro atoms. The van der Waals surface area contributed by atoms with Crippen LogP contribution in [-0.2, 0) is 6.54 Å². The summed E-state index contributed by atoms with van der Waals surface area (Å²) in [5.74, 6) is 0.585. The molecule has 1 aromatic carbocycles. The summed E-state index contributed by atoms with van der Waals surface area (Å²) in [4.78, 5) is 11.4. The molecule has 5 nitrogen and oxygen atoms in total. The van der Waals surface area contributed by atoms with Crippen LogP contribution in [0.2, 0.25) is 0 Å². The first-order valence-corrected chi connectivity index (χ1v) is 7.55. The van der Waals surface area contributed by atoms with Crippen molar-refractivity contribution >= 4 is 23.0 Å². The number of carbonyl (C=O) groups is 1. The van der Waals surface area contributed by atoms with E-state index in [1.54, 1.807) is 5.38 Å². The Morgan fingerprint density at radius 1 is 1.24 bits per heavy atom. The van der Waals surface area contributed by atoms with Crippen LogP contribution in [0.1, 0.15) is 21.7 Å². The van der Waals surface area contributed by atoms with E-state index in [4.69, 9.17) is 14.6 Å². The Morgan fingerprint density at radius 2 is 2.05 bits per heavy atom. The second kappa shape index (κ2) is 6.05. The Morgan fingerprint density at radius 3 is 2.86 bits per heavy atom. The van der Waals surface area contributed by atoms with Crippen LogP contribution in [0.4, 0.5) is 5.69 Å². The number of carboxylic acid groups (broad SMARTS) is 1. The van der Waals surface area contributed by atoms with Gasteiger partial charge in [0.05, 0.1) is 13.2 Å². The molecule has 0 unspecified atom stereocenters. The summed E-state index contributed by atoms with van der Waals surface area (Å²) in [5.41, 5.74) is 1.65. The molecule has 0 aliphatic carbocycles. The predicted octanol–water partition coefficient (Wildman–Crippen LogP) is 3.22. The van der Waals surface area contributed by atoms with Crippen LogP contribution in [0.25, 0.3) is 0 Å². The number of rotatable bonds is 4. The molecular weight excluding hydrogens is 290 g/mol. The van der Waals surface area contributed by atoms with Gasteiger partial charge in [-0.25, -0.2) is 4.79 Å². The summed E-state index contributed by atoms with van der Waals surface area (Å²) in [5, 5.41) is 14.1. The first kappa shape index (κ1) is 13.8. The van der Waals surface area contributed by atoms with Crippen molar-refractivity contribution < 1.29 is 19.4 Å². The molecule has 1 aliphatic heterocycles. The van der Waals surface area contributed by atoms with Gasteiger partial charge in [-0.2, -0.15) is 0 Å². The van der Waals surface area contributed by atoms with E-state index in [2.05, 4.69) is 5.32 Å². The number of hydrogen-bond acceptors (Lipinski definition) is 5. The molecule has 2 N–H and O–H groups in total. The van der Waals surface area contributed by atoms with Gasteiger partial charge in [0.1, 0.15) is 4.88 Å². The Labute approximate surface area is 126 Å². The first-order valence-electron chi connectivity index (χ1n) is 6.67. The Bertz CT molecular complexity index is 653. The van der Waals surface area contributed by atoms with E-state index in [1.807, 2.05) is 24.3 Å². The highest BCUT2D eigenvalue weighted by Crippen LogP contribution is 2.32. The normalized spacial score (nSPS) is 13.5. The highest BCUT2D eigenvalue weighted by molar-refractivity contribution is 7.12. The number of carboxylic acids is 1. The summed E-state index contributed by atoms with van der Waals surface area (Å²) in [6.45, 7) is 1.77. The first-order chi connectivity index (χ1) is 10.2. The lowest BCUT2D eigenvalue weighted by Gasteiger charge is -2.11. The molecule has 0 atom stereocenters. The smallest absolute Gasteiger partial charge is 0.346 e. The van der Waals surface area contributed by atoms with Gasteiger partial charge in [-0.15, -0.1) is 11.3 Å². The maximum atomic E-state index is 11.1. The molecule has 3 rings (SSSR count). The Kier molecular flexibility index (Phi) is 3.96. The van der Waals surface area contributed by atoms with Gasteiger partial charge in [-0.05, 0) is 29.1 Å². The van der Waals surface area contributed by atoms with Gasteiger partial charge in [-0.1, -0.05) is 0 Å². The van der Waals surface area contributed by atoms with Crippen LogP contribution in [0, 0.1) is 0 Å². The number of aromatic carboxylic acids is 1. The summed E-state index contributed by atoms with van der Waals surface area (Å²) in [6, 6.07) is 7.48. The van der Waals surface area contributed by atoms with E-state index in [-0.39, 0.29) is 0 Å². The molecule has 21 heavy (non-hydrogen) atoms. The summed E-state index contributed by atoms with van der Waals surface area (Å²) >= 11 is 1.23. The second-order valence-electron chi connectivity index (χ2n) is 4.65. The number of fused-ring (bicyclic) bond motifs is 1. The van der Waals surface area contributed by atoms with Crippen molar-refractivity contribution in [1.82, 2.24) is 0 Å². The number of anilines is 1. The standard InChI is InChI=1S/C15H15NO4S/c17-15(18)14-10(4-7-21-14)9-16-11-2-3-12-13(8-11)20-6-1-5-19-12/h2-4,7-8,16H,1,5-6,9H2,(H,17,18). The number of benzene rings is 1. The lowest BCUT2D eigenvalue weighted by molar-refractivity contribution is 0.0701. The number of ether oxygens (including phenoxy) is 2. The van der Waals surface area contributed by atoms with Gasteiger partial charge in [0.2, 0.25) is 0 Å². The fourth-order valence-corrected chi connectivity index (χ4v) is 2.89. The quantitative estimate of drug-likeness (QED) is 0.908. The number of nitrogens with one attached hydrogen (secondary N) is 1. The zero-order valence-electron chi connectivity index (χ0n) is 11.3. The van der Waals surface area contributed by atoms with Crippen molar-refractivity contribution in [2.45, 2.75) is 13.0 Å². The van der Waals surface area contributed by atoms with Crippen molar-refractivity contribution in [2.24, 2.45) is 0 Å². The van der Waals surface area contributed by atoms with Crippen LogP contribution >= 0.6 is 11.3 Å². The molecule has 2 aromatic rings. The lowest BCUT2D eigenvalue weighted by atomic mass is 10.2. The topological polar surface area (TPSA) is 67.8 Å². The van der Waals surface area contributed by atoms with E-state index >= 15 is 0 Å². The van der Waals surface area contributed by atoms with Crippen LogP contribution in [0.3, 0.4) is 0 Å². The molecule has 2 heterocycles. The maximum Gasteiger partial charge on any atom is 0.346 e. The third-order valence-electron chi connectivity index (χ3n) is 3.17. The molecule has 0 saturated carbocycles. The fourth-order valence-electron chi connectivity index (χ4n) is 2.13. The average molecular weight is 305 g/mol. The van der Waals surface area contributed by atoms with Crippen molar-refractivity contribution in [2.75, 3.05) is 18.5 Å². The minimum absolute atomic E-state index is 0.372. The third kappa shape index (κ3) is 3.11. The predicted molar refractivity (Wildman–Crippen MR) is 80.7 cm³/mol. The Hall–Kier alpha value is -2.21. The monoisotopic (exact) mass is 305 g/mol. The molecule has 0 fully saturated rings. The van der Waals surface area contributed by atoms with Gasteiger partial charge in [-0.3, -0.25) is 0 Å². The third-order valence-corrected chi connectivity index (χ3v) is 4.12. The van der Waals surface area contributed by atoms with Crippen molar-refractivity contribution in [1.29, 1.82) is 0 Å². The fraction of sp³-hybridized carbons (Fsp3) is 0.267. The second-order valence-corrected chi connectivity index (χ2v) is 5.56. The minimum atomic E-state index is -0.888. The SMILES string of the molecule is O=C(O)c1sccc1CNc1ccc2c(c1)OCCCO2. The van der Waals surface area contributed by atoms with Crippen LogP contribution < -0.4 is 14.8 Å². The molecule has 0 bridgehead atoms. The highest BCUT2D eigenvalue weighted by atomic mass is 32.1. The minimum Gasteiger partial charge on any atom is -0.490 e. The molecule has 1 aromatic heterocycles. The van der Waals surface area contributed by atoms with Gasteiger partial charge in [0, 0.05) is 24.7 Å². The molecule has 1 aliphatic rings. The van der Waals surface area contributed by atoms with Gasteiger partial charge in [0.15, 0.2) is 11.5 Å². The molecule has 0 saturated heterocycles. The maximum absolute atomic E-state index is 11.1. The number of hydrogen-bond donors (Lipinski definition) is 2. The van der Waals surface area contributed by atoms with E-state index in [0.29, 0.717) is 24.6 Å². The van der Waals surface area contributed by atoms with E-state index < -0.39 is 5.97 Å². The number of thiophene rings is 1. The van der Waals surface area contributed by atoms with Gasteiger partial charge < -0.3 is 19.9 Å². The Balaban J connectivity index is 1.72. The van der Waals surface area contributed by atoms with E-state index in [1.165, 1.54) is 11.3 Å². The largest absolute Gasteiger partial charge is 0.490 e.